The summed E-state index contributed by atoms with van der Waals surface area (Å²) in [5, 5.41) is 11.3. The number of carbonyl (C=O) groups excluding carboxylic acids is 1. The summed E-state index contributed by atoms with van der Waals surface area (Å²) in [5.74, 6) is -0.331. The molecule has 0 aromatic carbocycles. The van der Waals surface area contributed by atoms with Crippen LogP contribution in [0.15, 0.2) is 5.51 Å². The minimum Gasteiger partial charge on any atom is -0.370 e. The van der Waals surface area contributed by atoms with Crippen molar-refractivity contribution in [1.82, 2.24) is 10.2 Å². The number of nitrogens with zero attached hydrogens (tertiary/aromatic N) is 2. The van der Waals surface area contributed by atoms with Crippen molar-refractivity contribution in [2.24, 2.45) is 5.73 Å². The number of aromatic nitrogens is 2. The summed E-state index contributed by atoms with van der Waals surface area (Å²) >= 11 is 1.39. The molecule has 1 amide bonds. The van der Waals surface area contributed by atoms with Gasteiger partial charge in [-0.1, -0.05) is 11.3 Å². The van der Waals surface area contributed by atoms with Crippen molar-refractivity contribution in [3.63, 3.8) is 0 Å². The molecule has 0 spiro atoms. The van der Waals surface area contributed by atoms with Gasteiger partial charge < -0.3 is 11.1 Å². The van der Waals surface area contributed by atoms with Crippen molar-refractivity contribution in [2.75, 3.05) is 5.32 Å². The predicted molar refractivity (Wildman–Crippen MR) is 51.4 cm³/mol. The van der Waals surface area contributed by atoms with Crippen LogP contribution in [0.3, 0.4) is 0 Å². The largest absolute Gasteiger partial charge is 0.370 e. The number of carbonyl (C=O) groups is 1. The number of primary amides is 1. The molecular formula is C7H12N4OS. The summed E-state index contributed by atoms with van der Waals surface area (Å²) in [4.78, 5) is 10.7. The predicted octanol–water partition coefficient (Wildman–Crippen LogP) is 0.604. The number of amides is 1. The second-order valence-electron chi connectivity index (χ2n) is 3.40. The number of hydrogen-bond acceptors (Lipinski definition) is 5. The lowest BCUT2D eigenvalue weighted by molar-refractivity contribution is -0.118. The molecule has 1 aromatic rings. The third-order valence-corrected chi connectivity index (χ3v) is 2.03. The highest BCUT2D eigenvalue weighted by Crippen LogP contribution is 2.18. The van der Waals surface area contributed by atoms with Gasteiger partial charge in [-0.3, -0.25) is 4.79 Å². The van der Waals surface area contributed by atoms with E-state index in [0.717, 1.165) is 0 Å². The van der Waals surface area contributed by atoms with Crippen LogP contribution in [0.4, 0.5) is 5.13 Å². The quantitative estimate of drug-likeness (QED) is 0.746. The van der Waals surface area contributed by atoms with E-state index < -0.39 is 0 Å². The van der Waals surface area contributed by atoms with Crippen molar-refractivity contribution in [3.05, 3.63) is 5.51 Å². The number of nitrogens with two attached hydrogens (primary N) is 1. The topological polar surface area (TPSA) is 80.9 Å². The van der Waals surface area contributed by atoms with Crippen LogP contribution in [0, 0.1) is 0 Å². The average Bonchev–Trinajstić information content (AvgIpc) is 2.34. The number of rotatable bonds is 4. The van der Waals surface area contributed by atoms with E-state index >= 15 is 0 Å². The van der Waals surface area contributed by atoms with Gasteiger partial charge in [0.25, 0.3) is 0 Å². The third kappa shape index (κ3) is 3.37. The van der Waals surface area contributed by atoms with Gasteiger partial charge in [-0.15, -0.1) is 10.2 Å². The summed E-state index contributed by atoms with van der Waals surface area (Å²) in [6.07, 6.45) is 0.270. The van der Waals surface area contributed by atoms with Crippen molar-refractivity contribution in [2.45, 2.75) is 25.8 Å². The molecular weight excluding hydrogens is 188 g/mol. The Morgan fingerprint density at radius 1 is 1.77 bits per heavy atom. The molecule has 0 aliphatic carbocycles. The third-order valence-electron chi connectivity index (χ3n) is 1.42. The smallest absolute Gasteiger partial charge is 0.219 e. The van der Waals surface area contributed by atoms with E-state index in [2.05, 4.69) is 15.5 Å². The molecule has 0 saturated heterocycles. The fraction of sp³-hybridized carbons (Fsp3) is 0.571. The van der Waals surface area contributed by atoms with E-state index in [-0.39, 0.29) is 17.9 Å². The van der Waals surface area contributed by atoms with Gasteiger partial charge in [-0.05, 0) is 13.8 Å². The molecule has 0 radical (unpaired) electrons. The van der Waals surface area contributed by atoms with Gasteiger partial charge in [0.2, 0.25) is 11.0 Å². The monoisotopic (exact) mass is 200 g/mol. The Labute approximate surface area is 80.4 Å². The molecule has 13 heavy (non-hydrogen) atoms. The normalized spacial score (nSPS) is 11.2. The Balaban J connectivity index is 2.56. The van der Waals surface area contributed by atoms with Crippen LogP contribution in [0.1, 0.15) is 20.3 Å². The zero-order chi connectivity index (χ0) is 9.90. The number of nitrogens with one attached hydrogen (secondary N) is 1. The molecule has 1 heterocycles. The molecule has 6 heteroatoms. The van der Waals surface area contributed by atoms with Crippen LogP contribution in [0.5, 0.6) is 0 Å². The Kier molecular flexibility index (Phi) is 2.82. The zero-order valence-electron chi connectivity index (χ0n) is 7.57. The van der Waals surface area contributed by atoms with Crippen LogP contribution in [-0.2, 0) is 4.79 Å². The first-order valence-electron chi connectivity index (χ1n) is 3.82. The Morgan fingerprint density at radius 3 is 2.92 bits per heavy atom. The molecule has 0 bridgehead atoms. The van der Waals surface area contributed by atoms with Crippen LogP contribution in [0.2, 0.25) is 0 Å². The summed E-state index contributed by atoms with van der Waals surface area (Å²) in [7, 11) is 0. The maximum absolute atomic E-state index is 10.7. The fourth-order valence-electron chi connectivity index (χ4n) is 0.997. The van der Waals surface area contributed by atoms with Crippen molar-refractivity contribution in [3.8, 4) is 0 Å². The highest BCUT2D eigenvalue weighted by atomic mass is 32.1. The fourth-order valence-corrected chi connectivity index (χ4v) is 1.62. The Hall–Kier alpha value is -1.17. The maximum atomic E-state index is 10.7. The minimum absolute atomic E-state index is 0.270. The van der Waals surface area contributed by atoms with Gasteiger partial charge in [0.1, 0.15) is 5.51 Å². The average molecular weight is 200 g/mol. The highest BCUT2D eigenvalue weighted by Gasteiger charge is 2.21. The molecule has 3 N–H and O–H groups in total. The molecule has 1 aromatic heterocycles. The summed E-state index contributed by atoms with van der Waals surface area (Å²) in [6, 6.07) is 0. The van der Waals surface area contributed by atoms with Gasteiger partial charge in [0.15, 0.2) is 0 Å². The van der Waals surface area contributed by atoms with E-state index in [9.17, 15) is 4.79 Å². The van der Waals surface area contributed by atoms with Crippen molar-refractivity contribution >= 4 is 22.4 Å². The number of hydrogen-bond donors (Lipinski definition) is 2. The van der Waals surface area contributed by atoms with Crippen LogP contribution >= 0.6 is 11.3 Å². The van der Waals surface area contributed by atoms with Crippen LogP contribution < -0.4 is 11.1 Å². The maximum Gasteiger partial charge on any atom is 0.219 e. The first-order chi connectivity index (χ1) is 5.99. The SMILES string of the molecule is CC(C)(CC(N)=O)Nc1nncs1. The molecule has 0 saturated carbocycles. The van der Waals surface area contributed by atoms with E-state index in [4.69, 9.17) is 5.73 Å². The van der Waals surface area contributed by atoms with Gasteiger partial charge >= 0.3 is 0 Å². The lowest BCUT2D eigenvalue weighted by Gasteiger charge is -2.23. The molecule has 72 valence electrons. The molecule has 0 fully saturated rings. The highest BCUT2D eigenvalue weighted by molar-refractivity contribution is 7.13. The lowest BCUT2D eigenvalue weighted by atomic mass is 10.0. The van der Waals surface area contributed by atoms with E-state index in [1.165, 1.54) is 11.3 Å². The van der Waals surface area contributed by atoms with E-state index in [1.807, 2.05) is 13.8 Å². The van der Waals surface area contributed by atoms with Gasteiger partial charge in [0, 0.05) is 12.0 Å². The first-order valence-corrected chi connectivity index (χ1v) is 4.70. The Bertz CT molecular complexity index is 283. The molecule has 0 atom stereocenters. The Morgan fingerprint density at radius 2 is 2.46 bits per heavy atom. The van der Waals surface area contributed by atoms with Crippen LogP contribution in [0.25, 0.3) is 0 Å². The van der Waals surface area contributed by atoms with Gasteiger partial charge in [-0.25, -0.2) is 0 Å². The lowest BCUT2D eigenvalue weighted by Crippen LogP contribution is -2.35. The van der Waals surface area contributed by atoms with Gasteiger partial charge in [-0.2, -0.15) is 0 Å². The van der Waals surface area contributed by atoms with Gasteiger partial charge in [0.05, 0.1) is 0 Å². The second kappa shape index (κ2) is 3.69. The summed E-state index contributed by atoms with van der Waals surface area (Å²) < 4.78 is 0. The first kappa shape index (κ1) is 9.91. The second-order valence-corrected chi connectivity index (χ2v) is 4.23. The van der Waals surface area contributed by atoms with E-state index in [1.54, 1.807) is 5.51 Å². The molecule has 5 nitrogen and oxygen atoms in total. The van der Waals surface area contributed by atoms with Crippen molar-refractivity contribution < 1.29 is 4.79 Å². The minimum atomic E-state index is -0.370. The van der Waals surface area contributed by atoms with E-state index in [0.29, 0.717) is 5.13 Å². The van der Waals surface area contributed by atoms with Crippen LogP contribution in [-0.4, -0.2) is 21.6 Å². The summed E-state index contributed by atoms with van der Waals surface area (Å²) in [6.45, 7) is 3.78. The van der Waals surface area contributed by atoms with Crippen molar-refractivity contribution in [1.29, 1.82) is 0 Å². The molecule has 0 aliphatic rings. The molecule has 0 unspecified atom stereocenters. The number of anilines is 1. The summed E-state index contributed by atoms with van der Waals surface area (Å²) in [5.41, 5.74) is 6.35. The standard InChI is InChI=1S/C7H12N4OS/c1-7(2,3-5(8)12)10-6-11-9-4-13-6/h4H,3H2,1-2H3,(H2,8,12)(H,10,11). The molecule has 0 aliphatic heterocycles. The zero-order valence-corrected chi connectivity index (χ0v) is 8.39. The molecule has 1 rings (SSSR count).